The first-order valence-corrected chi connectivity index (χ1v) is 5.84. The quantitative estimate of drug-likeness (QED) is 0.457. The highest BCUT2D eigenvalue weighted by Crippen LogP contribution is 2.24. The molecule has 0 amide bonds. The van der Waals surface area contributed by atoms with Gasteiger partial charge in [0.1, 0.15) is 23.3 Å². The molecule has 0 aliphatic rings. The first-order chi connectivity index (χ1) is 8.91. The van der Waals surface area contributed by atoms with Gasteiger partial charge in [-0.3, -0.25) is 4.79 Å². The summed E-state index contributed by atoms with van der Waals surface area (Å²) in [7, 11) is 0. The fourth-order valence-electron chi connectivity index (χ4n) is 1.55. The van der Waals surface area contributed by atoms with Gasteiger partial charge in [0, 0.05) is 0 Å². The SMILES string of the molecule is O=C(c1cc(F)c(Br)cc1F)c1c(F)cccc1F. The molecule has 2 aromatic carbocycles. The van der Waals surface area contributed by atoms with Gasteiger partial charge in [-0.05, 0) is 40.2 Å². The summed E-state index contributed by atoms with van der Waals surface area (Å²) in [6.07, 6.45) is 0. The summed E-state index contributed by atoms with van der Waals surface area (Å²) in [5.41, 5.74) is -1.65. The minimum atomic E-state index is -1.25. The van der Waals surface area contributed by atoms with Crippen LogP contribution in [0.2, 0.25) is 0 Å². The van der Waals surface area contributed by atoms with Crippen molar-refractivity contribution in [2.24, 2.45) is 0 Å². The van der Waals surface area contributed by atoms with Crippen molar-refractivity contribution in [1.82, 2.24) is 0 Å². The molecule has 2 aromatic rings. The number of hydrogen-bond donors (Lipinski definition) is 0. The number of hydrogen-bond acceptors (Lipinski definition) is 1. The van der Waals surface area contributed by atoms with Crippen LogP contribution >= 0.6 is 15.9 Å². The van der Waals surface area contributed by atoms with Crippen molar-refractivity contribution < 1.29 is 22.4 Å². The Morgan fingerprint density at radius 2 is 1.47 bits per heavy atom. The van der Waals surface area contributed by atoms with Gasteiger partial charge < -0.3 is 0 Å². The molecule has 98 valence electrons. The van der Waals surface area contributed by atoms with Crippen LogP contribution in [0.25, 0.3) is 0 Å². The van der Waals surface area contributed by atoms with Crippen molar-refractivity contribution in [3.63, 3.8) is 0 Å². The molecule has 0 aliphatic heterocycles. The fraction of sp³-hybridized carbons (Fsp3) is 0. The predicted molar refractivity (Wildman–Crippen MR) is 63.8 cm³/mol. The van der Waals surface area contributed by atoms with Crippen LogP contribution in [-0.4, -0.2) is 5.78 Å². The van der Waals surface area contributed by atoms with Gasteiger partial charge in [0.25, 0.3) is 0 Å². The third-order valence-corrected chi connectivity index (χ3v) is 3.05. The Balaban J connectivity index is 2.60. The van der Waals surface area contributed by atoms with E-state index in [9.17, 15) is 22.4 Å². The first kappa shape index (κ1) is 13.7. The number of halogens is 5. The van der Waals surface area contributed by atoms with Crippen LogP contribution < -0.4 is 0 Å². The van der Waals surface area contributed by atoms with Crippen LogP contribution in [0.4, 0.5) is 17.6 Å². The highest BCUT2D eigenvalue weighted by atomic mass is 79.9. The van der Waals surface area contributed by atoms with E-state index < -0.39 is 40.2 Å². The van der Waals surface area contributed by atoms with Crippen molar-refractivity contribution in [3.05, 3.63) is 69.2 Å². The number of carbonyl (C=O) groups is 1. The Labute approximate surface area is 114 Å². The van der Waals surface area contributed by atoms with Crippen LogP contribution in [-0.2, 0) is 0 Å². The lowest BCUT2D eigenvalue weighted by atomic mass is 10.0. The third kappa shape index (κ3) is 2.53. The number of benzene rings is 2. The highest BCUT2D eigenvalue weighted by molar-refractivity contribution is 9.10. The summed E-state index contributed by atoms with van der Waals surface area (Å²) >= 11 is 2.74. The lowest BCUT2D eigenvalue weighted by Gasteiger charge is -2.06. The second kappa shape index (κ2) is 5.13. The first-order valence-electron chi connectivity index (χ1n) is 5.05. The maximum Gasteiger partial charge on any atom is 0.201 e. The molecule has 0 aromatic heterocycles. The minimum absolute atomic E-state index is 0.185. The zero-order chi connectivity index (χ0) is 14.2. The monoisotopic (exact) mass is 332 g/mol. The maximum atomic E-state index is 13.6. The number of carbonyl (C=O) groups excluding carboxylic acids is 1. The summed E-state index contributed by atoms with van der Waals surface area (Å²) in [5.74, 6) is -5.48. The van der Waals surface area contributed by atoms with Crippen molar-refractivity contribution in [2.75, 3.05) is 0 Å². The van der Waals surface area contributed by atoms with Crippen molar-refractivity contribution in [2.45, 2.75) is 0 Å². The summed E-state index contributed by atoms with van der Waals surface area (Å²) in [6, 6.07) is 4.11. The zero-order valence-corrected chi connectivity index (χ0v) is 10.8. The van der Waals surface area contributed by atoms with E-state index in [0.29, 0.717) is 6.07 Å². The Morgan fingerprint density at radius 1 is 0.895 bits per heavy atom. The molecule has 0 bridgehead atoms. The molecule has 0 spiro atoms. The molecule has 0 fully saturated rings. The van der Waals surface area contributed by atoms with Gasteiger partial charge >= 0.3 is 0 Å². The van der Waals surface area contributed by atoms with Crippen molar-refractivity contribution in [1.29, 1.82) is 0 Å². The highest BCUT2D eigenvalue weighted by Gasteiger charge is 2.22. The van der Waals surface area contributed by atoms with E-state index in [1.165, 1.54) is 0 Å². The molecule has 0 heterocycles. The van der Waals surface area contributed by atoms with Crippen molar-refractivity contribution >= 4 is 21.7 Å². The normalized spacial score (nSPS) is 10.6. The molecule has 6 heteroatoms. The van der Waals surface area contributed by atoms with E-state index in [1.54, 1.807) is 0 Å². The van der Waals surface area contributed by atoms with Gasteiger partial charge in [-0.2, -0.15) is 0 Å². The molecule has 19 heavy (non-hydrogen) atoms. The van der Waals surface area contributed by atoms with E-state index >= 15 is 0 Å². The lowest BCUT2D eigenvalue weighted by molar-refractivity contribution is 0.102. The predicted octanol–water partition coefficient (Wildman–Crippen LogP) is 4.24. The molecule has 0 unspecified atom stereocenters. The van der Waals surface area contributed by atoms with E-state index in [-0.39, 0.29) is 4.47 Å². The van der Waals surface area contributed by atoms with Crippen molar-refractivity contribution in [3.8, 4) is 0 Å². The molecule has 0 radical (unpaired) electrons. The van der Waals surface area contributed by atoms with E-state index in [4.69, 9.17) is 0 Å². The van der Waals surface area contributed by atoms with E-state index in [0.717, 1.165) is 24.3 Å². The maximum absolute atomic E-state index is 13.6. The van der Waals surface area contributed by atoms with Gasteiger partial charge in [-0.1, -0.05) is 6.07 Å². The Hall–Kier alpha value is -1.69. The van der Waals surface area contributed by atoms with Gasteiger partial charge in [-0.15, -0.1) is 0 Å². The van der Waals surface area contributed by atoms with Crippen LogP contribution in [0.3, 0.4) is 0 Å². The van der Waals surface area contributed by atoms with Crippen LogP contribution in [0.5, 0.6) is 0 Å². The standard InChI is InChI=1S/C13H5BrF4O/c14-7-5-10(17)6(4-11(7)18)13(19)12-8(15)2-1-3-9(12)16/h1-5H. The summed E-state index contributed by atoms with van der Waals surface area (Å²) in [4.78, 5) is 11.9. The molecule has 0 saturated heterocycles. The Morgan fingerprint density at radius 3 is 2.05 bits per heavy atom. The molecule has 0 saturated carbocycles. The number of rotatable bonds is 2. The second-order valence-corrected chi connectivity index (χ2v) is 4.53. The summed E-state index contributed by atoms with van der Waals surface area (Å²) in [5, 5.41) is 0. The molecule has 2 rings (SSSR count). The smallest absolute Gasteiger partial charge is 0.201 e. The minimum Gasteiger partial charge on any atom is -0.288 e. The second-order valence-electron chi connectivity index (χ2n) is 3.67. The molecule has 0 aliphatic carbocycles. The Kier molecular flexibility index (Phi) is 3.71. The average molecular weight is 333 g/mol. The topological polar surface area (TPSA) is 17.1 Å². The third-order valence-electron chi connectivity index (χ3n) is 2.44. The van der Waals surface area contributed by atoms with Crippen LogP contribution in [0.1, 0.15) is 15.9 Å². The molecular formula is C13H5BrF4O. The van der Waals surface area contributed by atoms with Gasteiger partial charge in [0.15, 0.2) is 0 Å². The molecule has 1 nitrogen and oxygen atoms in total. The lowest BCUT2D eigenvalue weighted by Crippen LogP contribution is -2.10. The van der Waals surface area contributed by atoms with E-state index in [1.807, 2.05) is 0 Å². The Bertz CT molecular complexity index is 650. The average Bonchev–Trinajstić information content (AvgIpc) is 2.33. The summed E-state index contributed by atoms with van der Waals surface area (Å²) < 4.78 is 53.5. The van der Waals surface area contributed by atoms with Crippen LogP contribution in [0.15, 0.2) is 34.8 Å². The van der Waals surface area contributed by atoms with Gasteiger partial charge in [0.05, 0.1) is 15.6 Å². The molecule has 0 N–H and O–H groups in total. The van der Waals surface area contributed by atoms with Gasteiger partial charge in [0.2, 0.25) is 5.78 Å². The summed E-state index contributed by atoms with van der Waals surface area (Å²) in [6.45, 7) is 0. The molecular weight excluding hydrogens is 328 g/mol. The van der Waals surface area contributed by atoms with Crippen LogP contribution in [0, 0.1) is 23.3 Å². The molecule has 0 atom stereocenters. The van der Waals surface area contributed by atoms with E-state index in [2.05, 4.69) is 15.9 Å². The number of ketones is 1. The fourth-order valence-corrected chi connectivity index (χ4v) is 1.86. The van der Waals surface area contributed by atoms with Gasteiger partial charge in [-0.25, -0.2) is 17.6 Å². The largest absolute Gasteiger partial charge is 0.288 e. The zero-order valence-electron chi connectivity index (χ0n) is 9.18.